The molecule has 1 amide bonds. The van der Waals surface area contributed by atoms with Gasteiger partial charge >= 0.3 is 5.97 Å². The Hall–Kier alpha value is -2.56. The molecule has 0 aliphatic rings. The number of carboxylic acids is 1. The molecule has 1 aromatic heterocycles. The maximum absolute atomic E-state index is 12.1. The molecule has 2 aromatic rings. The lowest BCUT2D eigenvalue weighted by Crippen LogP contribution is -2.11. The first-order chi connectivity index (χ1) is 10.4. The molecule has 0 saturated heterocycles. The number of benzene rings is 1. The highest BCUT2D eigenvalue weighted by atomic mass is 16.4. The van der Waals surface area contributed by atoms with Crippen LogP contribution in [0.25, 0.3) is 0 Å². The molecule has 0 fully saturated rings. The third-order valence-electron chi connectivity index (χ3n) is 3.60. The summed E-state index contributed by atoms with van der Waals surface area (Å²) in [5.74, 6) is -0.700. The Morgan fingerprint density at radius 3 is 2.41 bits per heavy atom. The summed E-state index contributed by atoms with van der Waals surface area (Å²) < 4.78 is 5.50. The number of aliphatic carboxylic acids is 1. The zero-order valence-electron chi connectivity index (χ0n) is 12.8. The molecule has 1 atom stereocenters. The molecule has 2 N–H and O–H groups in total. The van der Waals surface area contributed by atoms with Crippen molar-refractivity contribution in [3.63, 3.8) is 0 Å². The van der Waals surface area contributed by atoms with Gasteiger partial charge in [-0.3, -0.25) is 9.59 Å². The van der Waals surface area contributed by atoms with Crippen LogP contribution in [0.5, 0.6) is 0 Å². The summed E-state index contributed by atoms with van der Waals surface area (Å²) in [7, 11) is 0. The highest BCUT2D eigenvalue weighted by Gasteiger charge is 2.15. The molecule has 5 heteroatoms. The van der Waals surface area contributed by atoms with Crippen LogP contribution in [-0.2, 0) is 11.2 Å². The Labute approximate surface area is 129 Å². The van der Waals surface area contributed by atoms with Gasteiger partial charge in [0.25, 0.3) is 5.91 Å². The van der Waals surface area contributed by atoms with Gasteiger partial charge in [0.1, 0.15) is 5.76 Å². The minimum absolute atomic E-state index is 0.275. The molecule has 0 spiro atoms. The van der Waals surface area contributed by atoms with E-state index < -0.39 is 11.9 Å². The Morgan fingerprint density at radius 2 is 1.91 bits per heavy atom. The lowest BCUT2D eigenvalue weighted by molar-refractivity contribution is -0.138. The predicted molar refractivity (Wildman–Crippen MR) is 83.3 cm³/mol. The van der Waals surface area contributed by atoms with Gasteiger partial charge in [0.05, 0.1) is 5.92 Å². The Balaban J connectivity index is 2.10. The highest BCUT2D eigenvalue weighted by Crippen LogP contribution is 2.20. The molecule has 1 aromatic carbocycles. The van der Waals surface area contributed by atoms with Crippen LogP contribution in [0.1, 0.15) is 47.2 Å². The standard InChI is InChI=1S/C17H19NO4/c1-4-14-10(2)9-15(22-14)16(19)18-13-7-5-12(6-8-13)11(3)17(20)21/h5-9,11H,4H2,1-3H3,(H,18,19)(H,20,21). The minimum atomic E-state index is -0.880. The fraction of sp³-hybridized carbons (Fsp3) is 0.294. The largest absolute Gasteiger partial charge is 0.481 e. The Bertz CT molecular complexity index is 685. The molecule has 0 saturated carbocycles. The molecule has 1 unspecified atom stereocenters. The van der Waals surface area contributed by atoms with Gasteiger partial charge in [0.15, 0.2) is 5.76 Å². The van der Waals surface area contributed by atoms with Crippen molar-refractivity contribution in [3.8, 4) is 0 Å². The molecule has 0 radical (unpaired) electrons. The number of nitrogens with one attached hydrogen (secondary N) is 1. The van der Waals surface area contributed by atoms with Crippen LogP contribution in [0.4, 0.5) is 5.69 Å². The second-order valence-electron chi connectivity index (χ2n) is 5.21. The van der Waals surface area contributed by atoms with E-state index >= 15 is 0 Å². The second kappa shape index (κ2) is 6.47. The first kappa shape index (κ1) is 15.8. The summed E-state index contributed by atoms with van der Waals surface area (Å²) in [5, 5.41) is 11.7. The first-order valence-electron chi connectivity index (χ1n) is 7.15. The lowest BCUT2D eigenvalue weighted by Gasteiger charge is -2.08. The summed E-state index contributed by atoms with van der Waals surface area (Å²) in [6.07, 6.45) is 0.737. The van der Waals surface area contributed by atoms with Gasteiger partial charge in [-0.25, -0.2) is 0 Å². The maximum atomic E-state index is 12.1. The van der Waals surface area contributed by atoms with Crippen LogP contribution >= 0.6 is 0 Å². The van der Waals surface area contributed by atoms with Gasteiger partial charge in [-0.15, -0.1) is 0 Å². The molecule has 0 aliphatic heterocycles. The van der Waals surface area contributed by atoms with Gasteiger partial charge in [-0.05, 0) is 43.2 Å². The van der Waals surface area contributed by atoms with Gasteiger partial charge in [0, 0.05) is 12.1 Å². The van der Waals surface area contributed by atoms with E-state index in [0.29, 0.717) is 11.3 Å². The van der Waals surface area contributed by atoms with Crippen molar-refractivity contribution in [1.82, 2.24) is 0 Å². The third-order valence-corrected chi connectivity index (χ3v) is 3.60. The van der Waals surface area contributed by atoms with Gasteiger partial charge in [-0.1, -0.05) is 19.1 Å². The van der Waals surface area contributed by atoms with Crippen LogP contribution in [0, 0.1) is 6.92 Å². The maximum Gasteiger partial charge on any atom is 0.310 e. The zero-order valence-corrected chi connectivity index (χ0v) is 12.8. The van der Waals surface area contributed by atoms with E-state index in [1.165, 1.54) is 0 Å². The number of carbonyl (C=O) groups is 2. The number of carbonyl (C=O) groups excluding carboxylic acids is 1. The molecule has 1 heterocycles. The van der Waals surface area contributed by atoms with E-state index in [0.717, 1.165) is 17.7 Å². The van der Waals surface area contributed by atoms with Crippen molar-refractivity contribution in [2.75, 3.05) is 5.32 Å². The topological polar surface area (TPSA) is 79.5 Å². The molecular formula is C17H19NO4. The van der Waals surface area contributed by atoms with E-state index in [2.05, 4.69) is 5.32 Å². The summed E-state index contributed by atoms with van der Waals surface area (Å²) in [6.45, 7) is 5.49. The first-order valence-corrected chi connectivity index (χ1v) is 7.15. The average Bonchev–Trinajstić information content (AvgIpc) is 2.88. The second-order valence-corrected chi connectivity index (χ2v) is 5.21. The van der Waals surface area contributed by atoms with Crippen molar-refractivity contribution in [2.45, 2.75) is 33.1 Å². The van der Waals surface area contributed by atoms with Gasteiger partial charge < -0.3 is 14.8 Å². The third kappa shape index (κ3) is 3.36. The highest BCUT2D eigenvalue weighted by molar-refractivity contribution is 6.02. The van der Waals surface area contributed by atoms with Gasteiger partial charge in [-0.2, -0.15) is 0 Å². The minimum Gasteiger partial charge on any atom is -0.481 e. The van der Waals surface area contributed by atoms with Crippen molar-refractivity contribution in [3.05, 3.63) is 53.0 Å². The summed E-state index contributed by atoms with van der Waals surface area (Å²) >= 11 is 0. The normalized spacial score (nSPS) is 12.0. The monoisotopic (exact) mass is 301 g/mol. The zero-order chi connectivity index (χ0) is 16.3. The molecular weight excluding hydrogens is 282 g/mol. The van der Waals surface area contributed by atoms with E-state index in [1.807, 2.05) is 13.8 Å². The van der Waals surface area contributed by atoms with Gasteiger partial charge in [0.2, 0.25) is 0 Å². The van der Waals surface area contributed by atoms with Crippen molar-refractivity contribution in [1.29, 1.82) is 0 Å². The Morgan fingerprint density at radius 1 is 1.27 bits per heavy atom. The molecule has 0 aliphatic carbocycles. The summed E-state index contributed by atoms with van der Waals surface area (Å²) in [4.78, 5) is 23.1. The molecule has 5 nitrogen and oxygen atoms in total. The fourth-order valence-electron chi connectivity index (χ4n) is 2.17. The van der Waals surface area contributed by atoms with Crippen LogP contribution in [0.15, 0.2) is 34.7 Å². The van der Waals surface area contributed by atoms with E-state index in [4.69, 9.17) is 9.52 Å². The predicted octanol–water partition coefficient (Wildman–Crippen LogP) is 3.59. The number of amides is 1. The van der Waals surface area contributed by atoms with Crippen molar-refractivity contribution < 1.29 is 19.1 Å². The number of rotatable bonds is 5. The van der Waals surface area contributed by atoms with E-state index in [-0.39, 0.29) is 11.7 Å². The molecule has 22 heavy (non-hydrogen) atoms. The number of carboxylic acid groups (broad SMARTS) is 1. The Kier molecular flexibility index (Phi) is 4.65. The number of furan rings is 1. The number of anilines is 1. The van der Waals surface area contributed by atoms with Crippen LogP contribution < -0.4 is 5.32 Å². The van der Waals surface area contributed by atoms with Crippen LogP contribution in [0.3, 0.4) is 0 Å². The molecule has 116 valence electrons. The van der Waals surface area contributed by atoms with Crippen LogP contribution in [0.2, 0.25) is 0 Å². The number of hydrogen-bond donors (Lipinski definition) is 2. The quantitative estimate of drug-likeness (QED) is 0.884. The van der Waals surface area contributed by atoms with Crippen LogP contribution in [-0.4, -0.2) is 17.0 Å². The molecule has 2 rings (SSSR count). The summed E-state index contributed by atoms with van der Waals surface area (Å²) in [5.41, 5.74) is 2.24. The smallest absolute Gasteiger partial charge is 0.310 e. The SMILES string of the molecule is CCc1oc(C(=O)Nc2ccc(C(C)C(=O)O)cc2)cc1C. The lowest BCUT2D eigenvalue weighted by atomic mass is 10.0. The molecule has 0 bridgehead atoms. The number of aryl methyl sites for hydroxylation is 2. The van der Waals surface area contributed by atoms with E-state index in [9.17, 15) is 9.59 Å². The van der Waals surface area contributed by atoms with Crippen molar-refractivity contribution in [2.24, 2.45) is 0 Å². The number of hydrogen-bond acceptors (Lipinski definition) is 3. The average molecular weight is 301 g/mol. The van der Waals surface area contributed by atoms with Crippen molar-refractivity contribution >= 4 is 17.6 Å². The van der Waals surface area contributed by atoms with E-state index in [1.54, 1.807) is 37.3 Å². The summed E-state index contributed by atoms with van der Waals surface area (Å²) in [6, 6.07) is 8.47. The fourth-order valence-corrected chi connectivity index (χ4v) is 2.17.